The summed E-state index contributed by atoms with van der Waals surface area (Å²) in [6.45, 7) is 3.34. The van der Waals surface area contributed by atoms with Crippen LogP contribution in [0.15, 0.2) is 18.2 Å². The molecule has 1 aromatic carbocycles. The zero-order valence-electron chi connectivity index (χ0n) is 13.5. The number of rotatable bonds is 4. The molecule has 126 valence electrons. The first-order chi connectivity index (χ1) is 11.1. The van der Waals surface area contributed by atoms with Crippen molar-refractivity contribution in [3.8, 4) is 0 Å². The van der Waals surface area contributed by atoms with Gasteiger partial charge in [0.2, 0.25) is 5.91 Å². The Bertz CT molecular complexity index is 563. The van der Waals surface area contributed by atoms with E-state index in [-0.39, 0.29) is 24.2 Å². The van der Waals surface area contributed by atoms with Crippen LogP contribution in [-0.2, 0) is 20.7 Å². The molecule has 3 atom stereocenters. The van der Waals surface area contributed by atoms with E-state index >= 15 is 0 Å². The van der Waals surface area contributed by atoms with Gasteiger partial charge in [-0.25, -0.2) is 0 Å². The number of amides is 1. The summed E-state index contributed by atoms with van der Waals surface area (Å²) in [6, 6.07) is 6.14. The van der Waals surface area contributed by atoms with E-state index in [1.54, 1.807) is 0 Å². The molecule has 2 aliphatic rings. The van der Waals surface area contributed by atoms with Gasteiger partial charge in [-0.3, -0.25) is 4.79 Å². The molecule has 5 heteroatoms. The Morgan fingerprint density at radius 1 is 1.26 bits per heavy atom. The maximum atomic E-state index is 12.2. The minimum absolute atomic E-state index is 0.109. The third-order valence-corrected chi connectivity index (χ3v) is 5.13. The van der Waals surface area contributed by atoms with E-state index in [0.29, 0.717) is 19.6 Å². The molecule has 23 heavy (non-hydrogen) atoms. The van der Waals surface area contributed by atoms with E-state index in [1.807, 2.05) is 25.1 Å². The number of carbonyl (C=O) groups is 1. The van der Waals surface area contributed by atoms with Gasteiger partial charge in [-0.15, -0.1) is 0 Å². The number of fused-ring (bicyclic) bond motifs is 1. The van der Waals surface area contributed by atoms with Crippen LogP contribution >= 0.6 is 11.6 Å². The highest BCUT2D eigenvalue weighted by molar-refractivity contribution is 6.31. The number of aryl methyl sites for hydroxylation is 2. The minimum atomic E-state index is 0.109. The van der Waals surface area contributed by atoms with Crippen molar-refractivity contribution in [3.05, 3.63) is 34.3 Å². The highest BCUT2D eigenvalue weighted by Gasteiger charge is 2.34. The Kier molecular flexibility index (Phi) is 5.57. The molecule has 4 nitrogen and oxygen atoms in total. The molecule has 1 aliphatic heterocycles. The smallest absolute Gasteiger partial charge is 0.220 e. The van der Waals surface area contributed by atoms with E-state index in [0.717, 1.165) is 41.8 Å². The summed E-state index contributed by atoms with van der Waals surface area (Å²) in [6.07, 6.45) is 4.39. The molecule has 0 unspecified atom stereocenters. The van der Waals surface area contributed by atoms with Gasteiger partial charge >= 0.3 is 0 Å². The lowest BCUT2D eigenvalue weighted by Gasteiger charge is -2.39. The fraction of sp³-hybridized carbons (Fsp3) is 0.611. The number of nitrogens with one attached hydrogen (secondary N) is 1. The number of hydrogen-bond acceptors (Lipinski definition) is 3. The van der Waals surface area contributed by atoms with Crippen LogP contribution < -0.4 is 5.32 Å². The van der Waals surface area contributed by atoms with Crippen LogP contribution in [0.3, 0.4) is 0 Å². The van der Waals surface area contributed by atoms with E-state index in [9.17, 15) is 4.79 Å². The summed E-state index contributed by atoms with van der Waals surface area (Å²) in [5, 5.41) is 3.92. The summed E-state index contributed by atoms with van der Waals surface area (Å²) in [7, 11) is 0. The molecule has 1 N–H and O–H groups in total. The maximum Gasteiger partial charge on any atom is 0.220 e. The second-order valence-corrected chi connectivity index (χ2v) is 6.89. The van der Waals surface area contributed by atoms with Crippen LogP contribution in [0, 0.1) is 6.92 Å². The highest BCUT2D eigenvalue weighted by Crippen LogP contribution is 2.27. The normalized spacial score (nSPS) is 27.3. The molecule has 0 aromatic heterocycles. The molecule has 0 bridgehead atoms. The average Bonchev–Trinajstić information content (AvgIpc) is 2.56. The number of hydrogen-bond donors (Lipinski definition) is 1. The van der Waals surface area contributed by atoms with Crippen molar-refractivity contribution in [2.24, 2.45) is 0 Å². The first-order valence-electron chi connectivity index (χ1n) is 8.39. The topological polar surface area (TPSA) is 47.6 Å². The number of ether oxygens (including phenoxy) is 2. The Labute approximate surface area is 142 Å². The van der Waals surface area contributed by atoms with Crippen LogP contribution in [-0.4, -0.2) is 37.4 Å². The van der Waals surface area contributed by atoms with E-state index < -0.39 is 0 Å². The summed E-state index contributed by atoms with van der Waals surface area (Å²) in [5.74, 6) is 0.109. The van der Waals surface area contributed by atoms with Crippen molar-refractivity contribution in [1.82, 2.24) is 5.32 Å². The maximum absolute atomic E-state index is 12.2. The summed E-state index contributed by atoms with van der Waals surface area (Å²) in [4.78, 5) is 12.2. The van der Waals surface area contributed by atoms with Crippen molar-refractivity contribution in [2.45, 2.75) is 57.3 Å². The van der Waals surface area contributed by atoms with E-state index in [4.69, 9.17) is 21.1 Å². The lowest BCUT2D eigenvalue weighted by Crippen LogP contribution is -2.49. The molecule has 1 amide bonds. The van der Waals surface area contributed by atoms with Crippen LogP contribution in [0.25, 0.3) is 0 Å². The van der Waals surface area contributed by atoms with Gasteiger partial charge in [-0.1, -0.05) is 23.7 Å². The number of halogens is 1. The Balaban J connectivity index is 1.45. The van der Waals surface area contributed by atoms with Crippen LogP contribution in [0.5, 0.6) is 0 Å². The fourth-order valence-electron chi connectivity index (χ4n) is 3.42. The quantitative estimate of drug-likeness (QED) is 0.918. The predicted octanol–water partition coefficient (Wildman–Crippen LogP) is 3.03. The molecule has 1 aliphatic carbocycles. The SMILES string of the molecule is Cc1cc(CCC(=O)N[C@@H]2CC[C@H]3OCCO[C@H]3C2)ccc1Cl. The highest BCUT2D eigenvalue weighted by atomic mass is 35.5. The van der Waals surface area contributed by atoms with Crippen molar-refractivity contribution in [3.63, 3.8) is 0 Å². The molecule has 0 spiro atoms. The van der Waals surface area contributed by atoms with Gasteiger partial charge in [0.25, 0.3) is 0 Å². The van der Waals surface area contributed by atoms with Gasteiger partial charge in [0.15, 0.2) is 0 Å². The standard InChI is InChI=1S/C18H24ClNO3/c1-12-10-13(2-5-15(12)19)3-7-18(21)20-14-4-6-16-17(11-14)23-9-8-22-16/h2,5,10,14,16-17H,3-4,6-9,11H2,1H3,(H,20,21)/t14-,16-,17+/m1/s1. The second-order valence-electron chi connectivity index (χ2n) is 6.48. The Hall–Kier alpha value is -1.10. The second kappa shape index (κ2) is 7.65. The summed E-state index contributed by atoms with van der Waals surface area (Å²) in [5.41, 5.74) is 2.20. The van der Waals surface area contributed by atoms with Gasteiger partial charge in [-0.05, 0) is 49.8 Å². The molecule has 0 radical (unpaired) electrons. The van der Waals surface area contributed by atoms with E-state index in [2.05, 4.69) is 5.32 Å². The lowest BCUT2D eigenvalue weighted by atomic mass is 9.89. The average molecular weight is 338 g/mol. The molecule has 3 rings (SSSR count). The number of carbonyl (C=O) groups excluding carboxylic acids is 1. The van der Waals surface area contributed by atoms with Crippen molar-refractivity contribution in [2.75, 3.05) is 13.2 Å². The van der Waals surface area contributed by atoms with Gasteiger partial charge in [0, 0.05) is 17.5 Å². The molecular weight excluding hydrogens is 314 g/mol. The molecule has 1 heterocycles. The molecule has 1 saturated carbocycles. The Morgan fingerprint density at radius 2 is 2.04 bits per heavy atom. The van der Waals surface area contributed by atoms with Crippen LogP contribution in [0.4, 0.5) is 0 Å². The molecular formula is C18H24ClNO3. The number of benzene rings is 1. The Morgan fingerprint density at radius 3 is 2.83 bits per heavy atom. The van der Waals surface area contributed by atoms with Crippen molar-refractivity contribution >= 4 is 17.5 Å². The minimum Gasteiger partial charge on any atom is -0.373 e. The van der Waals surface area contributed by atoms with Gasteiger partial charge in [0.1, 0.15) is 0 Å². The zero-order chi connectivity index (χ0) is 16.2. The largest absolute Gasteiger partial charge is 0.373 e. The van der Waals surface area contributed by atoms with E-state index in [1.165, 1.54) is 0 Å². The van der Waals surface area contributed by atoms with Crippen LogP contribution in [0.1, 0.15) is 36.8 Å². The molecule has 2 fully saturated rings. The van der Waals surface area contributed by atoms with Crippen molar-refractivity contribution in [1.29, 1.82) is 0 Å². The van der Waals surface area contributed by atoms with Crippen molar-refractivity contribution < 1.29 is 14.3 Å². The third-order valence-electron chi connectivity index (χ3n) is 4.71. The summed E-state index contributed by atoms with van der Waals surface area (Å²) >= 11 is 6.03. The molecule has 1 saturated heterocycles. The monoisotopic (exact) mass is 337 g/mol. The first-order valence-corrected chi connectivity index (χ1v) is 8.77. The van der Waals surface area contributed by atoms with Crippen LogP contribution in [0.2, 0.25) is 5.02 Å². The van der Waals surface area contributed by atoms with Gasteiger partial charge < -0.3 is 14.8 Å². The fourth-order valence-corrected chi connectivity index (χ4v) is 3.54. The predicted molar refractivity (Wildman–Crippen MR) is 89.8 cm³/mol. The van der Waals surface area contributed by atoms with Gasteiger partial charge in [0.05, 0.1) is 25.4 Å². The third kappa shape index (κ3) is 4.46. The van der Waals surface area contributed by atoms with Gasteiger partial charge in [-0.2, -0.15) is 0 Å². The first kappa shape index (κ1) is 16.7. The molecule has 1 aromatic rings. The zero-order valence-corrected chi connectivity index (χ0v) is 14.3. The summed E-state index contributed by atoms with van der Waals surface area (Å²) < 4.78 is 11.5. The lowest BCUT2D eigenvalue weighted by molar-refractivity contribution is -0.158.